The Bertz CT molecular complexity index is 1340. The van der Waals surface area contributed by atoms with Crippen LogP contribution >= 0.6 is 23.2 Å². The van der Waals surface area contributed by atoms with Gasteiger partial charge in [-0.2, -0.15) is 0 Å². The molecule has 7 heteroatoms. The van der Waals surface area contributed by atoms with E-state index < -0.39 is 11.9 Å². The summed E-state index contributed by atoms with van der Waals surface area (Å²) in [6, 6.07) is 18.6. The first kappa shape index (κ1) is 26.8. The molecule has 0 fully saturated rings. The number of benzene rings is 3. The Labute approximate surface area is 226 Å². The SMILES string of the molecule is CC(C)C(=O)/C(COc1ccc(-c2ccc3c(c2)CCCC3C(=O)O)cc1)=C(\N)c1c(Cl)cccc1Cl. The molecule has 5 nitrogen and oxygen atoms in total. The van der Waals surface area contributed by atoms with Crippen LogP contribution in [0, 0.1) is 5.92 Å². The van der Waals surface area contributed by atoms with Gasteiger partial charge in [-0.15, -0.1) is 0 Å². The van der Waals surface area contributed by atoms with Crippen molar-refractivity contribution in [3.05, 3.63) is 93.0 Å². The van der Waals surface area contributed by atoms with Gasteiger partial charge in [0.1, 0.15) is 12.4 Å². The Hall–Kier alpha value is -3.28. The molecule has 0 radical (unpaired) electrons. The number of hydrogen-bond donors (Lipinski definition) is 2. The molecule has 1 unspecified atom stereocenters. The number of carbonyl (C=O) groups excluding carboxylic acids is 1. The zero-order valence-corrected chi connectivity index (χ0v) is 22.3. The number of carboxylic acids is 1. The molecule has 0 heterocycles. The fourth-order valence-corrected chi connectivity index (χ4v) is 5.29. The third-order valence-electron chi connectivity index (χ3n) is 6.71. The van der Waals surface area contributed by atoms with E-state index in [4.69, 9.17) is 33.7 Å². The average molecular weight is 538 g/mol. The number of aliphatic carboxylic acids is 1. The van der Waals surface area contributed by atoms with Crippen LogP contribution < -0.4 is 10.5 Å². The number of nitrogens with two attached hydrogens (primary N) is 1. The molecule has 0 aliphatic heterocycles. The number of ketones is 1. The fourth-order valence-electron chi connectivity index (χ4n) is 4.69. The smallest absolute Gasteiger partial charge is 0.310 e. The van der Waals surface area contributed by atoms with Crippen molar-refractivity contribution in [2.45, 2.75) is 39.0 Å². The number of ether oxygens (including phenoxy) is 1. The van der Waals surface area contributed by atoms with Crippen LogP contribution in [0.3, 0.4) is 0 Å². The van der Waals surface area contributed by atoms with Crippen LogP contribution in [0.15, 0.2) is 66.2 Å². The molecule has 4 rings (SSSR count). The van der Waals surface area contributed by atoms with Gasteiger partial charge >= 0.3 is 5.97 Å². The maximum absolute atomic E-state index is 13.0. The Kier molecular flexibility index (Phi) is 8.25. The maximum Gasteiger partial charge on any atom is 0.310 e. The molecule has 1 atom stereocenters. The van der Waals surface area contributed by atoms with Crippen LogP contribution in [0.25, 0.3) is 16.8 Å². The first-order valence-corrected chi connectivity index (χ1v) is 13.0. The summed E-state index contributed by atoms with van der Waals surface area (Å²) in [4.78, 5) is 24.6. The van der Waals surface area contributed by atoms with Gasteiger partial charge in [-0.05, 0) is 65.8 Å². The highest BCUT2D eigenvalue weighted by molar-refractivity contribution is 6.37. The van der Waals surface area contributed by atoms with E-state index in [9.17, 15) is 14.7 Å². The molecule has 0 spiro atoms. The largest absolute Gasteiger partial charge is 0.489 e. The summed E-state index contributed by atoms with van der Waals surface area (Å²) in [5.41, 5.74) is 11.4. The van der Waals surface area contributed by atoms with Gasteiger partial charge in [-0.25, -0.2) is 0 Å². The van der Waals surface area contributed by atoms with Crippen LogP contribution in [0.4, 0.5) is 0 Å². The van der Waals surface area contributed by atoms with Crippen molar-refractivity contribution in [2.24, 2.45) is 11.7 Å². The van der Waals surface area contributed by atoms with Crippen molar-refractivity contribution in [1.29, 1.82) is 0 Å². The van der Waals surface area contributed by atoms with Gasteiger partial charge in [0.05, 0.1) is 27.2 Å². The lowest BCUT2D eigenvalue weighted by Gasteiger charge is -2.23. The van der Waals surface area contributed by atoms with Crippen LogP contribution in [-0.2, 0) is 16.0 Å². The van der Waals surface area contributed by atoms with E-state index in [0.717, 1.165) is 35.1 Å². The Morgan fingerprint density at radius 1 is 1.03 bits per heavy atom. The third kappa shape index (κ3) is 5.84. The molecule has 37 heavy (non-hydrogen) atoms. The van der Waals surface area contributed by atoms with Gasteiger partial charge in [0, 0.05) is 11.5 Å². The Morgan fingerprint density at radius 2 is 1.68 bits per heavy atom. The molecular weight excluding hydrogens is 509 g/mol. The second-order valence-electron chi connectivity index (χ2n) is 9.52. The van der Waals surface area contributed by atoms with Crippen LogP contribution in [0.5, 0.6) is 5.75 Å². The Balaban J connectivity index is 1.56. The van der Waals surface area contributed by atoms with E-state index in [-0.39, 0.29) is 24.0 Å². The summed E-state index contributed by atoms with van der Waals surface area (Å²) in [6.07, 6.45) is 2.42. The minimum absolute atomic E-state index is 0.0286. The number of aryl methyl sites for hydroxylation is 1. The molecule has 0 saturated carbocycles. The number of halogens is 2. The zero-order chi connectivity index (χ0) is 26.7. The second-order valence-corrected chi connectivity index (χ2v) is 10.3. The predicted octanol–water partition coefficient (Wildman–Crippen LogP) is 7.14. The van der Waals surface area contributed by atoms with Crippen molar-refractivity contribution in [3.63, 3.8) is 0 Å². The van der Waals surface area contributed by atoms with E-state index in [1.165, 1.54) is 0 Å². The van der Waals surface area contributed by atoms with Crippen molar-refractivity contribution >= 4 is 40.7 Å². The fraction of sp³-hybridized carbons (Fsp3) is 0.267. The normalized spacial score (nSPS) is 15.6. The molecule has 3 aromatic carbocycles. The van der Waals surface area contributed by atoms with E-state index >= 15 is 0 Å². The van der Waals surface area contributed by atoms with Gasteiger partial charge < -0.3 is 15.6 Å². The lowest BCUT2D eigenvalue weighted by atomic mass is 9.81. The maximum atomic E-state index is 13.0. The summed E-state index contributed by atoms with van der Waals surface area (Å²) in [5.74, 6) is -1.04. The zero-order valence-electron chi connectivity index (χ0n) is 20.8. The standard InChI is InChI=1S/C30H29Cl2NO4/c1-17(2)29(34)24(28(33)27-25(31)7-4-8-26(27)32)16-37-21-12-9-18(10-13-21)19-11-14-22-20(15-19)5-3-6-23(22)30(35)36/h4,7-15,17,23H,3,5-6,16,33H2,1-2H3,(H,35,36)/b28-24-. The summed E-state index contributed by atoms with van der Waals surface area (Å²) in [7, 11) is 0. The van der Waals surface area contributed by atoms with Crippen molar-refractivity contribution in [1.82, 2.24) is 0 Å². The van der Waals surface area contributed by atoms with E-state index in [0.29, 0.717) is 33.4 Å². The van der Waals surface area contributed by atoms with Crippen molar-refractivity contribution in [2.75, 3.05) is 6.61 Å². The van der Waals surface area contributed by atoms with E-state index in [2.05, 4.69) is 6.07 Å². The summed E-state index contributed by atoms with van der Waals surface area (Å²) in [6.45, 7) is 3.57. The number of hydrogen-bond acceptors (Lipinski definition) is 4. The lowest BCUT2D eigenvalue weighted by Crippen LogP contribution is -2.21. The Morgan fingerprint density at radius 3 is 2.30 bits per heavy atom. The second kappa shape index (κ2) is 11.4. The van der Waals surface area contributed by atoms with Gasteiger partial charge in [0.15, 0.2) is 5.78 Å². The summed E-state index contributed by atoms with van der Waals surface area (Å²) in [5, 5.41) is 10.3. The molecule has 0 amide bonds. The van der Waals surface area contributed by atoms with Crippen molar-refractivity contribution in [3.8, 4) is 16.9 Å². The molecule has 3 aromatic rings. The topological polar surface area (TPSA) is 89.6 Å². The van der Waals surface area contributed by atoms with Gasteiger partial charge in [-0.3, -0.25) is 9.59 Å². The number of Topliss-reactive ketones (excluding diaryl/α,β-unsaturated/α-hetero) is 1. The molecule has 192 valence electrons. The molecule has 3 N–H and O–H groups in total. The lowest BCUT2D eigenvalue weighted by molar-refractivity contribution is -0.139. The highest BCUT2D eigenvalue weighted by Crippen LogP contribution is 2.35. The van der Waals surface area contributed by atoms with E-state index in [1.54, 1.807) is 32.0 Å². The van der Waals surface area contributed by atoms with Crippen molar-refractivity contribution < 1.29 is 19.4 Å². The van der Waals surface area contributed by atoms with Gasteiger partial charge in [0.25, 0.3) is 0 Å². The first-order chi connectivity index (χ1) is 17.7. The van der Waals surface area contributed by atoms with Crippen LogP contribution in [-0.4, -0.2) is 23.5 Å². The number of rotatable bonds is 8. The highest BCUT2D eigenvalue weighted by atomic mass is 35.5. The summed E-state index contributed by atoms with van der Waals surface area (Å²) < 4.78 is 5.97. The molecule has 0 aromatic heterocycles. The molecule has 1 aliphatic rings. The minimum atomic E-state index is -0.767. The molecule has 0 saturated heterocycles. The van der Waals surface area contributed by atoms with E-state index in [1.807, 2.05) is 36.4 Å². The highest BCUT2D eigenvalue weighted by Gasteiger charge is 2.26. The van der Waals surface area contributed by atoms with Crippen LogP contribution in [0.1, 0.15) is 49.3 Å². The number of carbonyl (C=O) groups is 2. The number of fused-ring (bicyclic) bond motifs is 1. The average Bonchev–Trinajstić information content (AvgIpc) is 2.88. The summed E-state index contributed by atoms with van der Waals surface area (Å²) >= 11 is 12.7. The quantitative estimate of drug-likeness (QED) is 0.298. The number of carboxylic acid groups (broad SMARTS) is 1. The molecular formula is C30H29Cl2NO4. The van der Waals surface area contributed by atoms with Gasteiger partial charge in [0.2, 0.25) is 0 Å². The minimum Gasteiger partial charge on any atom is -0.489 e. The predicted molar refractivity (Wildman–Crippen MR) is 148 cm³/mol. The first-order valence-electron chi connectivity index (χ1n) is 12.2. The van der Waals surface area contributed by atoms with Gasteiger partial charge in [-0.1, -0.05) is 73.4 Å². The molecule has 0 bridgehead atoms. The monoisotopic (exact) mass is 537 g/mol. The third-order valence-corrected chi connectivity index (χ3v) is 7.34. The van der Waals surface area contributed by atoms with Crippen LogP contribution in [0.2, 0.25) is 10.0 Å². The molecule has 1 aliphatic carbocycles.